The minimum absolute atomic E-state index is 0.0873. The number of ether oxygens (including phenoxy) is 1. The molecular weight excluding hydrogens is 259 g/mol. The maximum Gasteiger partial charge on any atom is 0.163 e. The summed E-state index contributed by atoms with van der Waals surface area (Å²) >= 11 is 0. The molecule has 1 atom stereocenters. The van der Waals surface area contributed by atoms with Crippen molar-refractivity contribution in [2.75, 3.05) is 7.11 Å². The number of methoxy groups -OCH3 is 1. The molecule has 0 spiro atoms. The number of aliphatic hydroxyl groups is 1. The quantitative estimate of drug-likeness (QED) is 0.935. The summed E-state index contributed by atoms with van der Waals surface area (Å²) in [6.45, 7) is 5.71. The van der Waals surface area contributed by atoms with Crippen LogP contribution in [0.15, 0.2) is 24.4 Å². The highest BCUT2D eigenvalue weighted by molar-refractivity contribution is 5.38. The van der Waals surface area contributed by atoms with Crippen molar-refractivity contribution in [1.82, 2.24) is 9.78 Å². The summed E-state index contributed by atoms with van der Waals surface area (Å²) in [5.74, 6) is 0.206. The maximum absolute atomic E-state index is 13.2. The first-order chi connectivity index (χ1) is 9.45. The summed E-state index contributed by atoms with van der Waals surface area (Å²) in [7, 11) is 1.54. The molecule has 2 aromatic rings. The first kappa shape index (κ1) is 14.5. The van der Waals surface area contributed by atoms with Crippen molar-refractivity contribution < 1.29 is 14.2 Å². The Kier molecular flexibility index (Phi) is 4.09. The molecule has 20 heavy (non-hydrogen) atoms. The molecule has 0 amide bonds. The number of aromatic nitrogens is 2. The van der Waals surface area contributed by atoms with Crippen molar-refractivity contribution in [3.05, 3.63) is 47.0 Å². The van der Waals surface area contributed by atoms with Crippen molar-refractivity contribution in [3.63, 3.8) is 0 Å². The smallest absolute Gasteiger partial charge is 0.163 e. The topological polar surface area (TPSA) is 47.3 Å². The van der Waals surface area contributed by atoms with E-state index in [4.69, 9.17) is 4.74 Å². The molecule has 0 radical (unpaired) electrons. The molecule has 0 aliphatic carbocycles. The second-order valence-electron chi connectivity index (χ2n) is 5.04. The molecule has 0 bridgehead atoms. The standard InChI is InChI=1S/C15H19FN2O2/c1-9(2)18-14(13(20-4)8-17-18)15(19)12-6-5-11(16)7-10(12)3/h5-9,15,19H,1-4H3. The number of rotatable bonds is 4. The van der Waals surface area contributed by atoms with Gasteiger partial charge in [-0.05, 0) is 44.0 Å². The Hall–Kier alpha value is -1.88. The lowest BCUT2D eigenvalue weighted by Gasteiger charge is -2.19. The van der Waals surface area contributed by atoms with E-state index in [2.05, 4.69) is 5.10 Å². The van der Waals surface area contributed by atoms with E-state index in [9.17, 15) is 9.50 Å². The van der Waals surface area contributed by atoms with Gasteiger partial charge in [0.1, 0.15) is 17.6 Å². The van der Waals surface area contributed by atoms with Crippen molar-refractivity contribution >= 4 is 0 Å². The molecule has 1 N–H and O–H groups in total. The Morgan fingerprint density at radius 1 is 1.35 bits per heavy atom. The zero-order valence-corrected chi connectivity index (χ0v) is 12.1. The van der Waals surface area contributed by atoms with Gasteiger partial charge in [-0.25, -0.2) is 4.39 Å². The summed E-state index contributed by atoms with van der Waals surface area (Å²) in [4.78, 5) is 0. The van der Waals surface area contributed by atoms with E-state index in [-0.39, 0.29) is 11.9 Å². The van der Waals surface area contributed by atoms with E-state index in [1.165, 1.54) is 19.2 Å². The van der Waals surface area contributed by atoms with Gasteiger partial charge in [0.15, 0.2) is 5.75 Å². The molecule has 2 rings (SSSR count). The van der Waals surface area contributed by atoms with Gasteiger partial charge in [0, 0.05) is 6.04 Å². The summed E-state index contributed by atoms with van der Waals surface area (Å²) in [6.07, 6.45) is 0.674. The number of hydrogen-bond donors (Lipinski definition) is 1. The van der Waals surface area contributed by atoms with Crippen LogP contribution < -0.4 is 4.74 Å². The van der Waals surface area contributed by atoms with Gasteiger partial charge in [-0.1, -0.05) is 6.07 Å². The van der Waals surface area contributed by atoms with E-state index in [1.54, 1.807) is 23.9 Å². The molecule has 1 aromatic heterocycles. The number of aryl methyl sites for hydroxylation is 1. The highest BCUT2D eigenvalue weighted by Crippen LogP contribution is 2.33. The third kappa shape index (κ3) is 2.54. The van der Waals surface area contributed by atoms with E-state index in [0.717, 1.165) is 0 Å². The van der Waals surface area contributed by atoms with Crippen LogP contribution in [0.5, 0.6) is 5.75 Å². The molecule has 0 saturated carbocycles. The van der Waals surface area contributed by atoms with E-state index >= 15 is 0 Å². The molecular formula is C15H19FN2O2. The van der Waals surface area contributed by atoms with Gasteiger partial charge in [-0.15, -0.1) is 0 Å². The van der Waals surface area contributed by atoms with Crippen LogP contribution in [-0.4, -0.2) is 22.0 Å². The average Bonchev–Trinajstić information content (AvgIpc) is 2.81. The summed E-state index contributed by atoms with van der Waals surface area (Å²) < 4.78 is 20.2. The Balaban J connectivity index is 2.52. The van der Waals surface area contributed by atoms with Crippen LogP contribution in [0, 0.1) is 12.7 Å². The summed E-state index contributed by atoms with van der Waals surface area (Å²) in [5, 5.41) is 14.9. The van der Waals surface area contributed by atoms with Gasteiger partial charge in [0.05, 0.1) is 13.3 Å². The largest absolute Gasteiger partial charge is 0.493 e. The van der Waals surface area contributed by atoms with Crippen LogP contribution in [0.4, 0.5) is 4.39 Å². The van der Waals surface area contributed by atoms with Crippen LogP contribution in [0.2, 0.25) is 0 Å². The molecule has 1 heterocycles. The number of halogens is 1. The predicted octanol–water partition coefficient (Wildman–Crippen LogP) is 3.00. The van der Waals surface area contributed by atoms with E-state index in [1.807, 2.05) is 13.8 Å². The molecule has 0 saturated heterocycles. The lowest BCUT2D eigenvalue weighted by molar-refractivity contribution is 0.199. The Morgan fingerprint density at radius 3 is 2.60 bits per heavy atom. The van der Waals surface area contributed by atoms with Crippen molar-refractivity contribution in [1.29, 1.82) is 0 Å². The minimum Gasteiger partial charge on any atom is -0.493 e. The summed E-state index contributed by atoms with van der Waals surface area (Å²) in [5.41, 5.74) is 1.92. The molecule has 0 aliphatic heterocycles. The van der Waals surface area contributed by atoms with Crippen LogP contribution in [0.25, 0.3) is 0 Å². The van der Waals surface area contributed by atoms with Gasteiger partial charge in [-0.3, -0.25) is 4.68 Å². The monoisotopic (exact) mass is 278 g/mol. The zero-order chi connectivity index (χ0) is 14.9. The molecule has 0 aliphatic rings. The SMILES string of the molecule is COc1cnn(C(C)C)c1C(O)c1ccc(F)cc1C. The maximum atomic E-state index is 13.2. The van der Waals surface area contributed by atoms with Gasteiger partial charge >= 0.3 is 0 Å². The minimum atomic E-state index is -0.907. The van der Waals surface area contributed by atoms with Crippen molar-refractivity contribution in [2.24, 2.45) is 0 Å². The number of aliphatic hydroxyl groups excluding tert-OH is 1. The average molecular weight is 278 g/mol. The second-order valence-corrected chi connectivity index (χ2v) is 5.04. The van der Waals surface area contributed by atoms with Crippen LogP contribution in [0.1, 0.15) is 42.8 Å². The van der Waals surface area contributed by atoms with Gasteiger partial charge in [0.2, 0.25) is 0 Å². The van der Waals surface area contributed by atoms with Crippen molar-refractivity contribution in [2.45, 2.75) is 32.9 Å². The zero-order valence-electron chi connectivity index (χ0n) is 12.1. The fraction of sp³-hybridized carbons (Fsp3) is 0.400. The first-order valence-corrected chi connectivity index (χ1v) is 6.51. The fourth-order valence-electron chi connectivity index (χ4n) is 2.28. The summed E-state index contributed by atoms with van der Waals surface area (Å²) in [6, 6.07) is 4.42. The van der Waals surface area contributed by atoms with E-state index in [0.29, 0.717) is 22.6 Å². The number of hydrogen-bond acceptors (Lipinski definition) is 3. The Bertz CT molecular complexity index is 608. The lowest BCUT2D eigenvalue weighted by Crippen LogP contribution is -2.14. The predicted molar refractivity (Wildman–Crippen MR) is 74.4 cm³/mol. The molecule has 1 aromatic carbocycles. The molecule has 0 fully saturated rings. The van der Waals surface area contributed by atoms with Gasteiger partial charge in [0.25, 0.3) is 0 Å². The second kappa shape index (κ2) is 5.63. The molecule has 4 nitrogen and oxygen atoms in total. The first-order valence-electron chi connectivity index (χ1n) is 6.51. The van der Waals surface area contributed by atoms with Crippen LogP contribution >= 0.6 is 0 Å². The van der Waals surface area contributed by atoms with Gasteiger partial charge in [-0.2, -0.15) is 5.10 Å². The van der Waals surface area contributed by atoms with Crippen molar-refractivity contribution in [3.8, 4) is 5.75 Å². The fourth-order valence-corrected chi connectivity index (χ4v) is 2.28. The normalized spacial score (nSPS) is 12.8. The Labute approximate surface area is 117 Å². The van der Waals surface area contributed by atoms with Crippen LogP contribution in [0.3, 0.4) is 0 Å². The third-order valence-corrected chi connectivity index (χ3v) is 3.29. The third-order valence-electron chi connectivity index (χ3n) is 3.29. The van der Waals surface area contributed by atoms with E-state index < -0.39 is 6.10 Å². The highest BCUT2D eigenvalue weighted by Gasteiger charge is 2.24. The molecule has 5 heteroatoms. The molecule has 1 unspecified atom stereocenters. The Morgan fingerprint density at radius 2 is 2.05 bits per heavy atom. The molecule has 108 valence electrons. The number of benzene rings is 1. The lowest BCUT2D eigenvalue weighted by atomic mass is 10.0. The van der Waals surface area contributed by atoms with Gasteiger partial charge < -0.3 is 9.84 Å². The number of nitrogens with zero attached hydrogens (tertiary/aromatic N) is 2. The van der Waals surface area contributed by atoms with Crippen LogP contribution in [-0.2, 0) is 0 Å². The highest BCUT2D eigenvalue weighted by atomic mass is 19.1.